The molecule has 0 unspecified atom stereocenters. The number of ether oxygens (including phenoxy) is 1. The number of hydrogen-bond donors (Lipinski definition) is 0. The number of esters is 1. The van der Waals surface area contributed by atoms with E-state index < -0.39 is 17.7 Å². The molecule has 132 valence electrons. The van der Waals surface area contributed by atoms with Crippen LogP contribution in [0.4, 0.5) is 13.2 Å². The van der Waals surface area contributed by atoms with Crippen molar-refractivity contribution in [1.29, 1.82) is 0 Å². The van der Waals surface area contributed by atoms with Crippen molar-refractivity contribution in [2.75, 3.05) is 0 Å². The molecule has 0 bridgehead atoms. The summed E-state index contributed by atoms with van der Waals surface area (Å²) in [7, 11) is 1.68. The van der Waals surface area contributed by atoms with Crippen LogP contribution in [0, 0.1) is 11.8 Å². The second-order valence-electron chi connectivity index (χ2n) is 5.67. The van der Waals surface area contributed by atoms with Gasteiger partial charge in [-0.05, 0) is 38.1 Å². The van der Waals surface area contributed by atoms with Gasteiger partial charge in [0, 0.05) is 12.6 Å². The highest BCUT2D eigenvalue weighted by Crippen LogP contribution is 2.28. The highest BCUT2D eigenvalue weighted by molar-refractivity contribution is 5.73. The van der Waals surface area contributed by atoms with E-state index in [-0.39, 0.29) is 12.5 Å². The Balaban J connectivity index is 2.19. The lowest BCUT2D eigenvalue weighted by atomic mass is 10.1. The van der Waals surface area contributed by atoms with E-state index in [0.29, 0.717) is 16.8 Å². The van der Waals surface area contributed by atoms with Gasteiger partial charge >= 0.3 is 12.1 Å². The molecule has 0 aliphatic carbocycles. The molecule has 25 heavy (non-hydrogen) atoms. The van der Waals surface area contributed by atoms with Crippen molar-refractivity contribution >= 4 is 5.97 Å². The molecule has 0 aliphatic rings. The van der Waals surface area contributed by atoms with Crippen molar-refractivity contribution in [3.8, 4) is 11.8 Å². The molecule has 0 N–H and O–H groups in total. The minimum atomic E-state index is -4.38. The van der Waals surface area contributed by atoms with Crippen LogP contribution in [0.5, 0.6) is 0 Å². The second-order valence-corrected chi connectivity index (χ2v) is 5.67. The average Bonchev–Trinajstić information content (AvgIpc) is 2.84. The lowest BCUT2D eigenvalue weighted by Crippen LogP contribution is -2.16. The number of carbonyl (C=O) groups excluding carboxylic acids is 1. The van der Waals surface area contributed by atoms with E-state index in [1.807, 2.05) is 0 Å². The van der Waals surface area contributed by atoms with Crippen molar-refractivity contribution < 1.29 is 22.7 Å². The van der Waals surface area contributed by atoms with E-state index in [4.69, 9.17) is 4.74 Å². The summed E-state index contributed by atoms with van der Waals surface area (Å²) in [6, 6.07) is 4.57. The molecule has 0 fully saturated rings. The Morgan fingerprint density at radius 1 is 1.24 bits per heavy atom. The van der Waals surface area contributed by atoms with Crippen LogP contribution in [0.3, 0.4) is 0 Å². The van der Waals surface area contributed by atoms with E-state index in [0.717, 1.165) is 12.1 Å². The molecule has 0 spiro atoms. The molecule has 0 aliphatic heterocycles. The van der Waals surface area contributed by atoms with Gasteiger partial charge < -0.3 is 4.74 Å². The fourth-order valence-electron chi connectivity index (χ4n) is 2.10. The van der Waals surface area contributed by atoms with Gasteiger partial charge in [0.2, 0.25) is 0 Å². The number of alkyl halides is 3. The summed E-state index contributed by atoms with van der Waals surface area (Å²) in [5.74, 6) is 5.24. The fraction of sp³-hybridized carbons (Fsp3) is 0.333. The number of hydrogen-bond acceptors (Lipinski definition) is 3. The van der Waals surface area contributed by atoms with E-state index >= 15 is 0 Å². The van der Waals surface area contributed by atoms with Crippen LogP contribution in [-0.4, -0.2) is 21.9 Å². The normalized spacial score (nSPS) is 11.2. The number of halogens is 3. The van der Waals surface area contributed by atoms with Crippen LogP contribution in [0.2, 0.25) is 0 Å². The third-order valence-electron chi connectivity index (χ3n) is 3.29. The number of carbonyl (C=O) groups is 1. The molecule has 0 radical (unpaired) electrons. The van der Waals surface area contributed by atoms with Crippen molar-refractivity contribution in [1.82, 2.24) is 9.78 Å². The highest BCUT2D eigenvalue weighted by atomic mass is 19.4. The summed E-state index contributed by atoms with van der Waals surface area (Å²) < 4.78 is 44.3. The quantitative estimate of drug-likeness (QED) is 0.630. The first-order chi connectivity index (χ1) is 11.7. The van der Waals surface area contributed by atoms with Gasteiger partial charge in [0.1, 0.15) is 0 Å². The standard InChI is InChI=1S/C18H17F3N2O2/c1-12(2)25-17(24)10-16-14(11-22-23(16)3)7-4-13-5-8-15(9-6-13)18(19,20)21/h5-6,8-9,11-12H,10H2,1-3H3. The van der Waals surface area contributed by atoms with E-state index in [9.17, 15) is 18.0 Å². The Hall–Kier alpha value is -2.75. The number of aromatic nitrogens is 2. The molecular formula is C18H17F3N2O2. The summed E-state index contributed by atoms with van der Waals surface area (Å²) in [5, 5.41) is 4.07. The minimum absolute atomic E-state index is 0.0195. The van der Waals surface area contributed by atoms with E-state index in [2.05, 4.69) is 16.9 Å². The molecule has 0 atom stereocenters. The lowest BCUT2D eigenvalue weighted by Gasteiger charge is -2.08. The Bertz CT molecular complexity index is 810. The maximum absolute atomic E-state index is 12.5. The van der Waals surface area contributed by atoms with Gasteiger partial charge in [-0.15, -0.1) is 0 Å². The SMILES string of the molecule is CC(C)OC(=O)Cc1c(C#Cc2ccc(C(F)(F)F)cc2)cnn1C. The number of rotatable bonds is 3. The minimum Gasteiger partial charge on any atom is -0.463 e. The predicted molar refractivity (Wildman–Crippen MR) is 85.6 cm³/mol. The Morgan fingerprint density at radius 2 is 1.88 bits per heavy atom. The summed E-state index contributed by atoms with van der Waals surface area (Å²) >= 11 is 0. The summed E-state index contributed by atoms with van der Waals surface area (Å²) in [5.41, 5.74) is 0.831. The van der Waals surface area contributed by atoms with Crippen LogP contribution < -0.4 is 0 Å². The Labute approximate surface area is 143 Å². The fourth-order valence-corrected chi connectivity index (χ4v) is 2.10. The van der Waals surface area contributed by atoms with Gasteiger partial charge in [-0.2, -0.15) is 18.3 Å². The smallest absolute Gasteiger partial charge is 0.416 e. The maximum atomic E-state index is 12.5. The molecule has 2 rings (SSSR count). The van der Waals surface area contributed by atoms with Crippen LogP contribution in [-0.2, 0) is 29.2 Å². The van der Waals surface area contributed by atoms with Crippen LogP contribution in [0.1, 0.15) is 36.2 Å². The largest absolute Gasteiger partial charge is 0.463 e. The summed E-state index contributed by atoms with van der Waals surface area (Å²) in [6.07, 6.45) is -3.07. The van der Waals surface area contributed by atoms with E-state index in [1.165, 1.54) is 23.0 Å². The van der Waals surface area contributed by atoms with Gasteiger partial charge in [-0.1, -0.05) is 11.8 Å². The highest BCUT2D eigenvalue weighted by Gasteiger charge is 2.29. The molecule has 0 saturated carbocycles. The molecule has 7 heteroatoms. The summed E-state index contributed by atoms with van der Waals surface area (Å²) in [6.45, 7) is 3.51. The molecule has 0 saturated heterocycles. The summed E-state index contributed by atoms with van der Waals surface area (Å²) in [4.78, 5) is 11.8. The maximum Gasteiger partial charge on any atom is 0.416 e. The van der Waals surface area contributed by atoms with Gasteiger partial charge in [0.25, 0.3) is 0 Å². The average molecular weight is 350 g/mol. The molecular weight excluding hydrogens is 333 g/mol. The molecule has 1 aromatic carbocycles. The zero-order valence-corrected chi connectivity index (χ0v) is 14.0. The molecule has 0 amide bonds. The monoisotopic (exact) mass is 350 g/mol. The van der Waals surface area contributed by atoms with Crippen LogP contribution >= 0.6 is 0 Å². The van der Waals surface area contributed by atoms with Gasteiger partial charge in [0.15, 0.2) is 0 Å². The number of nitrogens with zero attached hydrogens (tertiary/aromatic N) is 2. The molecule has 4 nitrogen and oxygen atoms in total. The number of aryl methyl sites for hydroxylation is 1. The zero-order valence-electron chi connectivity index (χ0n) is 14.0. The van der Waals surface area contributed by atoms with Crippen LogP contribution in [0.15, 0.2) is 30.5 Å². The Morgan fingerprint density at radius 3 is 2.44 bits per heavy atom. The van der Waals surface area contributed by atoms with Crippen molar-refractivity contribution in [3.63, 3.8) is 0 Å². The third kappa shape index (κ3) is 5.11. The second kappa shape index (κ2) is 7.43. The van der Waals surface area contributed by atoms with E-state index in [1.54, 1.807) is 20.9 Å². The van der Waals surface area contributed by atoms with Crippen molar-refractivity contribution in [3.05, 3.63) is 52.8 Å². The first-order valence-corrected chi connectivity index (χ1v) is 7.56. The molecule has 2 aromatic rings. The third-order valence-corrected chi connectivity index (χ3v) is 3.29. The van der Waals surface area contributed by atoms with Gasteiger partial charge in [-0.3, -0.25) is 9.48 Å². The first kappa shape index (κ1) is 18.6. The number of benzene rings is 1. The Kier molecular flexibility index (Phi) is 5.52. The van der Waals surface area contributed by atoms with Crippen molar-refractivity contribution in [2.45, 2.75) is 32.5 Å². The first-order valence-electron chi connectivity index (χ1n) is 7.56. The lowest BCUT2D eigenvalue weighted by molar-refractivity contribution is -0.146. The molecule has 1 heterocycles. The van der Waals surface area contributed by atoms with Gasteiger partial charge in [-0.25, -0.2) is 0 Å². The predicted octanol–water partition coefficient (Wildman–Crippen LogP) is 3.33. The topological polar surface area (TPSA) is 44.1 Å². The zero-order chi connectivity index (χ0) is 18.6. The van der Waals surface area contributed by atoms with Gasteiger partial charge in [0.05, 0.1) is 35.5 Å². The van der Waals surface area contributed by atoms with Crippen molar-refractivity contribution in [2.24, 2.45) is 7.05 Å². The molecule has 1 aromatic heterocycles. The van der Waals surface area contributed by atoms with Crippen LogP contribution in [0.25, 0.3) is 0 Å².